The molecule has 2 rings (SSSR count). The standard InChI is InChI=1S/C10H14S/c1-2-6-9(5-1)11-10-7-3-4-8-10/h1-3,7,9-10H,4-6,8H2. The minimum absolute atomic E-state index is 0.833. The van der Waals surface area contributed by atoms with E-state index in [9.17, 15) is 0 Å². The van der Waals surface area contributed by atoms with Crippen LogP contribution < -0.4 is 0 Å². The molecule has 1 atom stereocenters. The highest BCUT2D eigenvalue weighted by Gasteiger charge is 2.17. The summed E-state index contributed by atoms with van der Waals surface area (Å²) in [4.78, 5) is 0. The average Bonchev–Trinajstić information content (AvgIpc) is 2.60. The van der Waals surface area contributed by atoms with Crippen LogP contribution in [0.4, 0.5) is 0 Å². The fourth-order valence-corrected chi connectivity index (χ4v) is 3.08. The monoisotopic (exact) mass is 166 g/mol. The predicted octanol–water partition coefficient (Wildman–Crippen LogP) is 3.16. The van der Waals surface area contributed by atoms with Gasteiger partial charge in [-0.05, 0) is 25.7 Å². The Balaban J connectivity index is 1.76. The first-order valence-electron chi connectivity index (χ1n) is 4.42. The zero-order valence-electron chi connectivity index (χ0n) is 6.70. The maximum atomic E-state index is 2.38. The van der Waals surface area contributed by atoms with Crippen LogP contribution in [0.3, 0.4) is 0 Å². The van der Waals surface area contributed by atoms with Crippen LogP contribution in [-0.4, -0.2) is 10.5 Å². The van der Waals surface area contributed by atoms with E-state index in [2.05, 4.69) is 36.1 Å². The van der Waals surface area contributed by atoms with Crippen molar-refractivity contribution < 1.29 is 0 Å². The molecule has 0 aromatic heterocycles. The minimum Gasteiger partial charge on any atom is -0.150 e. The molecule has 0 saturated carbocycles. The zero-order valence-corrected chi connectivity index (χ0v) is 7.52. The van der Waals surface area contributed by atoms with Crippen LogP contribution in [0.25, 0.3) is 0 Å². The molecular weight excluding hydrogens is 152 g/mol. The maximum Gasteiger partial charge on any atom is 0.0233 e. The second-order valence-electron chi connectivity index (χ2n) is 3.24. The molecule has 0 radical (unpaired) electrons. The molecule has 11 heavy (non-hydrogen) atoms. The first-order chi connectivity index (χ1) is 5.45. The summed E-state index contributed by atoms with van der Waals surface area (Å²) >= 11 is 2.17. The second-order valence-corrected chi connectivity index (χ2v) is 4.79. The molecule has 0 amide bonds. The molecule has 0 nitrogen and oxygen atoms in total. The molecule has 0 aromatic rings. The van der Waals surface area contributed by atoms with E-state index in [4.69, 9.17) is 0 Å². The van der Waals surface area contributed by atoms with Gasteiger partial charge in [0.25, 0.3) is 0 Å². The lowest BCUT2D eigenvalue weighted by Gasteiger charge is -2.12. The lowest BCUT2D eigenvalue weighted by atomic mass is 10.3. The SMILES string of the molecule is C1=CC(SC2CC=CC2)CC1. The van der Waals surface area contributed by atoms with Gasteiger partial charge in [-0.1, -0.05) is 24.3 Å². The highest BCUT2D eigenvalue weighted by Crippen LogP contribution is 2.33. The molecular formula is C10H14S. The van der Waals surface area contributed by atoms with Crippen LogP contribution >= 0.6 is 11.8 Å². The van der Waals surface area contributed by atoms with E-state index in [0.717, 1.165) is 10.5 Å². The molecule has 1 unspecified atom stereocenters. The summed E-state index contributed by atoms with van der Waals surface area (Å²) < 4.78 is 0. The van der Waals surface area contributed by atoms with Crippen LogP contribution in [0, 0.1) is 0 Å². The normalized spacial score (nSPS) is 30.4. The number of rotatable bonds is 2. The maximum absolute atomic E-state index is 2.38. The summed E-state index contributed by atoms with van der Waals surface area (Å²) in [5, 5.41) is 1.72. The average molecular weight is 166 g/mol. The van der Waals surface area contributed by atoms with Crippen molar-refractivity contribution in [2.75, 3.05) is 0 Å². The second kappa shape index (κ2) is 3.48. The van der Waals surface area contributed by atoms with Gasteiger partial charge in [-0.2, -0.15) is 11.8 Å². The molecule has 0 bridgehead atoms. The van der Waals surface area contributed by atoms with Gasteiger partial charge in [-0.25, -0.2) is 0 Å². The van der Waals surface area contributed by atoms with Crippen LogP contribution in [-0.2, 0) is 0 Å². The summed E-state index contributed by atoms with van der Waals surface area (Å²) in [6.45, 7) is 0. The van der Waals surface area contributed by atoms with E-state index < -0.39 is 0 Å². The van der Waals surface area contributed by atoms with Crippen LogP contribution in [0.5, 0.6) is 0 Å². The van der Waals surface area contributed by atoms with Gasteiger partial charge in [0.2, 0.25) is 0 Å². The van der Waals surface area contributed by atoms with E-state index in [1.54, 1.807) is 0 Å². The summed E-state index contributed by atoms with van der Waals surface area (Å²) in [6.07, 6.45) is 14.6. The van der Waals surface area contributed by atoms with Crippen molar-refractivity contribution in [2.24, 2.45) is 0 Å². The van der Waals surface area contributed by atoms with Crippen molar-refractivity contribution in [2.45, 2.75) is 36.2 Å². The van der Waals surface area contributed by atoms with Gasteiger partial charge < -0.3 is 0 Å². The Hall–Kier alpha value is -0.170. The summed E-state index contributed by atoms with van der Waals surface area (Å²) in [6, 6.07) is 0. The lowest BCUT2D eigenvalue weighted by Crippen LogP contribution is -2.02. The Bertz CT molecular complexity index is 173. The fourth-order valence-electron chi connectivity index (χ4n) is 1.67. The topological polar surface area (TPSA) is 0 Å². The van der Waals surface area contributed by atoms with Crippen molar-refractivity contribution in [1.29, 1.82) is 0 Å². The first kappa shape index (κ1) is 7.48. The fraction of sp³-hybridized carbons (Fsp3) is 0.600. The van der Waals surface area contributed by atoms with Gasteiger partial charge in [0, 0.05) is 10.5 Å². The number of thioether (sulfide) groups is 1. The van der Waals surface area contributed by atoms with Crippen molar-refractivity contribution in [3.8, 4) is 0 Å². The first-order valence-corrected chi connectivity index (χ1v) is 5.36. The van der Waals surface area contributed by atoms with Crippen molar-refractivity contribution in [3.05, 3.63) is 24.3 Å². The Labute approximate surface area is 72.8 Å². The zero-order chi connectivity index (χ0) is 7.52. The van der Waals surface area contributed by atoms with Crippen LogP contribution in [0.1, 0.15) is 25.7 Å². The third-order valence-corrected chi connectivity index (χ3v) is 3.81. The number of allylic oxidation sites excluding steroid dienone is 3. The van der Waals surface area contributed by atoms with E-state index in [1.165, 1.54) is 25.7 Å². The molecule has 0 aliphatic heterocycles. The number of hydrogen-bond acceptors (Lipinski definition) is 1. The molecule has 1 heteroatoms. The molecule has 0 aromatic carbocycles. The largest absolute Gasteiger partial charge is 0.150 e. The van der Waals surface area contributed by atoms with Gasteiger partial charge in [0.1, 0.15) is 0 Å². The van der Waals surface area contributed by atoms with Crippen molar-refractivity contribution >= 4 is 11.8 Å². The molecule has 2 aliphatic carbocycles. The van der Waals surface area contributed by atoms with E-state index in [0.29, 0.717) is 0 Å². The summed E-state index contributed by atoms with van der Waals surface area (Å²) in [7, 11) is 0. The van der Waals surface area contributed by atoms with Gasteiger partial charge in [0.05, 0.1) is 0 Å². The molecule has 0 fully saturated rings. The lowest BCUT2D eigenvalue weighted by molar-refractivity contribution is 0.905. The molecule has 0 saturated heterocycles. The van der Waals surface area contributed by atoms with E-state index in [-0.39, 0.29) is 0 Å². The van der Waals surface area contributed by atoms with Gasteiger partial charge in [0.15, 0.2) is 0 Å². The number of hydrogen-bond donors (Lipinski definition) is 0. The molecule has 60 valence electrons. The summed E-state index contributed by atoms with van der Waals surface area (Å²) in [5.41, 5.74) is 0. The Morgan fingerprint density at radius 1 is 1.09 bits per heavy atom. The predicted molar refractivity (Wildman–Crippen MR) is 51.9 cm³/mol. The molecule has 0 N–H and O–H groups in total. The minimum atomic E-state index is 0.833. The third-order valence-electron chi connectivity index (χ3n) is 2.30. The molecule has 0 heterocycles. The quantitative estimate of drug-likeness (QED) is 0.568. The highest BCUT2D eigenvalue weighted by molar-refractivity contribution is 8.00. The Kier molecular flexibility index (Phi) is 2.37. The van der Waals surface area contributed by atoms with Gasteiger partial charge in [-0.3, -0.25) is 0 Å². The third kappa shape index (κ3) is 1.90. The van der Waals surface area contributed by atoms with E-state index in [1.807, 2.05) is 0 Å². The van der Waals surface area contributed by atoms with Gasteiger partial charge >= 0.3 is 0 Å². The van der Waals surface area contributed by atoms with Crippen LogP contribution in [0.2, 0.25) is 0 Å². The van der Waals surface area contributed by atoms with Crippen molar-refractivity contribution in [1.82, 2.24) is 0 Å². The molecule has 0 spiro atoms. The van der Waals surface area contributed by atoms with Crippen molar-refractivity contribution in [3.63, 3.8) is 0 Å². The Morgan fingerprint density at radius 2 is 1.91 bits per heavy atom. The van der Waals surface area contributed by atoms with Crippen LogP contribution in [0.15, 0.2) is 24.3 Å². The highest BCUT2D eigenvalue weighted by atomic mass is 32.2. The van der Waals surface area contributed by atoms with Gasteiger partial charge in [-0.15, -0.1) is 0 Å². The van der Waals surface area contributed by atoms with E-state index >= 15 is 0 Å². The summed E-state index contributed by atoms with van der Waals surface area (Å²) in [5.74, 6) is 0. The smallest absolute Gasteiger partial charge is 0.0233 e. The Morgan fingerprint density at radius 3 is 2.55 bits per heavy atom. The molecule has 2 aliphatic rings.